The second-order valence-corrected chi connectivity index (χ2v) is 6.33. The lowest BCUT2D eigenvalue weighted by Gasteiger charge is -2.36. The lowest BCUT2D eigenvalue weighted by Crippen LogP contribution is -2.51. The van der Waals surface area contributed by atoms with E-state index in [-0.39, 0.29) is 11.6 Å². The Morgan fingerprint density at radius 3 is 2.62 bits per heavy atom. The van der Waals surface area contributed by atoms with Gasteiger partial charge in [-0.25, -0.2) is 9.67 Å². The van der Waals surface area contributed by atoms with Crippen molar-refractivity contribution >= 4 is 0 Å². The Balaban J connectivity index is 2.88. The Hall–Kier alpha value is -0.940. The first-order chi connectivity index (χ1) is 9.96. The van der Waals surface area contributed by atoms with E-state index in [0.717, 1.165) is 38.2 Å². The van der Waals surface area contributed by atoms with Crippen molar-refractivity contribution in [2.75, 3.05) is 13.7 Å². The molecule has 0 saturated carbocycles. The third kappa shape index (κ3) is 5.08. The molecular weight excluding hydrogens is 264 g/mol. The van der Waals surface area contributed by atoms with Crippen LogP contribution < -0.4 is 5.32 Å². The second-order valence-electron chi connectivity index (χ2n) is 6.33. The molecule has 0 radical (unpaired) electrons. The summed E-state index contributed by atoms with van der Waals surface area (Å²) < 4.78 is 7.82. The Morgan fingerprint density at radius 1 is 1.38 bits per heavy atom. The van der Waals surface area contributed by atoms with Gasteiger partial charge >= 0.3 is 0 Å². The lowest BCUT2D eigenvalue weighted by atomic mass is 9.90. The van der Waals surface area contributed by atoms with E-state index in [2.05, 4.69) is 50.0 Å². The number of nitrogens with one attached hydrogen (secondary N) is 1. The molecule has 0 aliphatic rings. The Morgan fingerprint density at radius 2 is 2.10 bits per heavy atom. The molecule has 1 rings (SSSR count). The fraction of sp³-hybridized carbons (Fsp3) is 0.875. The molecule has 21 heavy (non-hydrogen) atoms. The summed E-state index contributed by atoms with van der Waals surface area (Å²) in [4.78, 5) is 4.46. The highest BCUT2D eigenvalue weighted by Gasteiger charge is 2.33. The highest BCUT2D eigenvalue weighted by atomic mass is 16.5. The SMILES string of the molecule is CCCNC(Cc1ncnn1CC(C)C)C(C)(CC)OC. The van der Waals surface area contributed by atoms with Crippen LogP contribution in [0.1, 0.15) is 53.3 Å². The summed E-state index contributed by atoms with van der Waals surface area (Å²) in [7, 11) is 1.79. The number of aromatic nitrogens is 3. The maximum atomic E-state index is 5.80. The van der Waals surface area contributed by atoms with Gasteiger partial charge in [-0.2, -0.15) is 5.10 Å². The molecule has 2 unspecified atom stereocenters. The van der Waals surface area contributed by atoms with Gasteiger partial charge in [-0.1, -0.05) is 27.7 Å². The second kappa shape index (κ2) is 8.49. The number of ether oxygens (including phenoxy) is 1. The van der Waals surface area contributed by atoms with E-state index < -0.39 is 0 Å². The van der Waals surface area contributed by atoms with E-state index in [1.54, 1.807) is 13.4 Å². The molecule has 2 atom stereocenters. The lowest BCUT2D eigenvalue weighted by molar-refractivity contribution is -0.0294. The minimum Gasteiger partial charge on any atom is -0.377 e. The van der Waals surface area contributed by atoms with Gasteiger partial charge in [-0.15, -0.1) is 0 Å². The van der Waals surface area contributed by atoms with Crippen LogP contribution >= 0.6 is 0 Å². The van der Waals surface area contributed by atoms with E-state index in [1.165, 1.54) is 0 Å². The number of hydrogen-bond acceptors (Lipinski definition) is 4. The molecule has 0 spiro atoms. The zero-order valence-corrected chi connectivity index (χ0v) is 14.5. The Labute approximate surface area is 129 Å². The predicted molar refractivity (Wildman–Crippen MR) is 86.4 cm³/mol. The van der Waals surface area contributed by atoms with Crippen LogP contribution in [0.5, 0.6) is 0 Å². The first-order valence-electron chi connectivity index (χ1n) is 8.12. The molecule has 0 fully saturated rings. The van der Waals surface area contributed by atoms with Crippen molar-refractivity contribution in [2.45, 2.75) is 72.1 Å². The van der Waals surface area contributed by atoms with Gasteiger partial charge in [0.2, 0.25) is 0 Å². The third-order valence-corrected chi connectivity index (χ3v) is 4.17. The van der Waals surface area contributed by atoms with E-state index in [0.29, 0.717) is 5.92 Å². The number of hydrogen-bond donors (Lipinski definition) is 1. The molecule has 5 heteroatoms. The van der Waals surface area contributed by atoms with Crippen molar-refractivity contribution in [2.24, 2.45) is 5.92 Å². The van der Waals surface area contributed by atoms with Gasteiger partial charge in [0.1, 0.15) is 12.2 Å². The summed E-state index contributed by atoms with van der Waals surface area (Å²) in [6, 6.07) is 0.238. The molecule has 0 aliphatic heterocycles. The normalized spacial score (nSPS) is 16.1. The zero-order chi connectivity index (χ0) is 15.9. The molecule has 1 heterocycles. The van der Waals surface area contributed by atoms with Crippen LogP contribution in [-0.4, -0.2) is 40.1 Å². The predicted octanol–water partition coefficient (Wildman–Crippen LogP) is 2.66. The number of methoxy groups -OCH3 is 1. The Kier molecular flexibility index (Phi) is 7.32. The molecule has 0 aliphatic carbocycles. The largest absolute Gasteiger partial charge is 0.377 e. The Bertz CT molecular complexity index is 399. The maximum absolute atomic E-state index is 5.80. The van der Waals surface area contributed by atoms with Crippen molar-refractivity contribution in [3.05, 3.63) is 12.2 Å². The summed E-state index contributed by atoms with van der Waals surface area (Å²) in [5.41, 5.74) is -0.191. The molecule has 0 bridgehead atoms. The molecule has 0 amide bonds. The van der Waals surface area contributed by atoms with Gasteiger partial charge < -0.3 is 10.1 Å². The first kappa shape index (κ1) is 18.1. The van der Waals surface area contributed by atoms with Crippen LogP contribution in [0.15, 0.2) is 6.33 Å². The average molecular weight is 296 g/mol. The van der Waals surface area contributed by atoms with Crippen molar-refractivity contribution in [3.8, 4) is 0 Å². The molecular formula is C16H32N4O. The van der Waals surface area contributed by atoms with Crippen LogP contribution in [0.25, 0.3) is 0 Å². The molecule has 1 aromatic rings. The van der Waals surface area contributed by atoms with E-state index in [4.69, 9.17) is 4.74 Å². The summed E-state index contributed by atoms with van der Waals surface area (Å²) in [6.45, 7) is 12.8. The summed E-state index contributed by atoms with van der Waals surface area (Å²) >= 11 is 0. The first-order valence-corrected chi connectivity index (χ1v) is 8.12. The summed E-state index contributed by atoms with van der Waals surface area (Å²) in [6.07, 6.45) is 4.57. The van der Waals surface area contributed by atoms with Gasteiger partial charge in [0.15, 0.2) is 0 Å². The zero-order valence-electron chi connectivity index (χ0n) is 14.5. The van der Waals surface area contributed by atoms with E-state index in [1.807, 2.05) is 4.68 Å². The molecule has 1 aromatic heterocycles. The highest BCUT2D eigenvalue weighted by molar-refractivity contribution is 4.98. The third-order valence-electron chi connectivity index (χ3n) is 4.17. The van der Waals surface area contributed by atoms with E-state index >= 15 is 0 Å². The van der Waals surface area contributed by atoms with Crippen LogP contribution in [0.2, 0.25) is 0 Å². The topological polar surface area (TPSA) is 52.0 Å². The minimum atomic E-state index is -0.191. The van der Waals surface area contributed by atoms with Gasteiger partial charge in [0.05, 0.1) is 5.60 Å². The molecule has 1 N–H and O–H groups in total. The van der Waals surface area contributed by atoms with Gasteiger partial charge in [0, 0.05) is 26.1 Å². The average Bonchev–Trinajstić information content (AvgIpc) is 2.88. The quantitative estimate of drug-likeness (QED) is 0.721. The molecule has 0 saturated heterocycles. The molecule has 122 valence electrons. The summed E-state index contributed by atoms with van der Waals surface area (Å²) in [5.74, 6) is 1.60. The maximum Gasteiger partial charge on any atom is 0.138 e. The monoisotopic (exact) mass is 296 g/mol. The smallest absolute Gasteiger partial charge is 0.138 e. The van der Waals surface area contributed by atoms with Crippen molar-refractivity contribution < 1.29 is 4.74 Å². The van der Waals surface area contributed by atoms with Crippen LogP contribution in [0.4, 0.5) is 0 Å². The molecule has 0 aromatic carbocycles. The minimum absolute atomic E-state index is 0.191. The highest BCUT2D eigenvalue weighted by Crippen LogP contribution is 2.22. The van der Waals surface area contributed by atoms with Gasteiger partial charge in [-0.3, -0.25) is 0 Å². The van der Waals surface area contributed by atoms with Crippen molar-refractivity contribution in [1.29, 1.82) is 0 Å². The van der Waals surface area contributed by atoms with Crippen molar-refractivity contribution in [1.82, 2.24) is 20.1 Å². The number of nitrogens with zero attached hydrogens (tertiary/aromatic N) is 3. The fourth-order valence-corrected chi connectivity index (χ4v) is 2.48. The standard InChI is InChI=1S/C16H32N4O/c1-7-9-17-14(16(5,8-2)21-6)10-15-18-12-19-20(15)11-13(3)4/h12-14,17H,7-11H2,1-6H3. The van der Waals surface area contributed by atoms with Crippen LogP contribution in [-0.2, 0) is 17.7 Å². The fourth-order valence-electron chi connectivity index (χ4n) is 2.48. The van der Waals surface area contributed by atoms with Gasteiger partial charge in [0.25, 0.3) is 0 Å². The van der Waals surface area contributed by atoms with E-state index in [9.17, 15) is 0 Å². The molecule has 5 nitrogen and oxygen atoms in total. The van der Waals surface area contributed by atoms with Crippen LogP contribution in [0.3, 0.4) is 0 Å². The van der Waals surface area contributed by atoms with Gasteiger partial charge in [-0.05, 0) is 32.2 Å². The van der Waals surface area contributed by atoms with Crippen LogP contribution in [0, 0.1) is 5.92 Å². The number of rotatable bonds is 10. The van der Waals surface area contributed by atoms with Crippen molar-refractivity contribution in [3.63, 3.8) is 0 Å². The summed E-state index contributed by atoms with van der Waals surface area (Å²) in [5, 5.41) is 7.98.